The van der Waals surface area contributed by atoms with Crippen LogP contribution in [0, 0.1) is 13.8 Å². The van der Waals surface area contributed by atoms with E-state index in [4.69, 9.17) is 34.2 Å². The number of phenols is 1. The maximum absolute atomic E-state index is 15.1. The van der Waals surface area contributed by atoms with Crippen molar-refractivity contribution in [3.05, 3.63) is 68.9 Å². The molecule has 8 atom stereocenters. The topological polar surface area (TPSA) is 190 Å². The quantitative estimate of drug-likeness (QED) is 0.149. The number of aromatic amines is 1. The van der Waals surface area contributed by atoms with E-state index in [2.05, 4.69) is 20.1 Å². The molecule has 306 valence electrons. The summed E-state index contributed by atoms with van der Waals surface area (Å²) in [6.07, 6.45) is 0.740. The molecule has 8 aliphatic heterocycles. The van der Waals surface area contributed by atoms with Crippen LogP contribution in [-0.4, -0.2) is 108 Å². The van der Waals surface area contributed by atoms with Crippen LogP contribution in [0.2, 0.25) is 0 Å². The first-order valence-electron chi connectivity index (χ1n) is 19.5. The number of aryl methyl sites for hydroxylation is 1. The number of hydrogen-bond acceptors (Lipinski definition) is 15. The van der Waals surface area contributed by atoms with Crippen LogP contribution < -0.4 is 34.7 Å². The minimum atomic E-state index is -1.52. The van der Waals surface area contributed by atoms with Crippen molar-refractivity contribution in [3.63, 3.8) is 0 Å². The largest absolute Gasteiger partial charge is 0.504 e. The van der Waals surface area contributed by atoms with Gasteiger partial charge in [0.15, 0.2) is 28.5 Å². The average Bonchev–Trinajstić information content (AvgIpc) is 3.78. The van der Waals surface area contributed by atoms with Gasteiger partial charge in [0.25, 0.3) is 0 Å². The number of benzene rings is 3. The molecule has 1 spiro atoms. The predicted molar refractivity (Wildman–Crippen MR) is 213 cm³/mol. The Hall–Kier alpha value is -4.71. The van der Waals surface area contributed by atoms with Gasteiger partial charge < -0.3 is 49.4 Å². The van der Waals surface area contributed by atoms with E-state index in [0.29, 0.717) is 63.1 Å². The van der Waals surface area contributed by atoms with E-state index in [1.54, 1.807) is 7.11 Å². The number of likely N-dealkylation sites (N-methyl/N-ethyl adjacent to an activating group) is 1. The van der Waals surface area contributed by atoms with Gasteiger partial charge in [-0.15, -0.1) is 11.8 Å². The van der Waals surface area contributed by atoms with Gasteiger partial charge >= 0.3 is 11.9 Å². The van der Waals surface area contributed by atoms with Gasteiger partial charge in [-0.05, 0) is 62.2 Å². The van der Waals surface area contributed by atoms with Gasteiger partial charge in [-0.2, -0.15) is 0 Å². The molecule has 2 fully saturated rings. The summed E-state index contributed by atoms with van der Waals surface area (Å²) in [5, 5.41) is 29.3. The molecular formula is C42H47N5O10S. The van der Waals surface area contributed by atoms with Crippen molar-refractivity contribution in [2.45, 2.75) is 74.3 Å². The van der Waals surface area contributed by atoms with Gasteiger partial charge in [0, 0.05) is 77.4 Å². The summed E-state index contributed by atoms with van der Waals surface area (Å²) < 4.78 is 36.4. The Labute approximate surface area is 339 Å². The number of esters is 2. The fraction of sp³-hybridized carbons (Fsp3) is 0.476. The highest BCUT2D eigenvalue weighted by atomic mass is 32.2. The number of hydrogen-bond donors (Lipinski definition) is 5. The lowest BCUT2D eigenvalue weighted by Crippen LogP contribution is -2.70. The lowest BCUT2D eigenvalue weighted by Gasteiger charge is -2.60. The Balaban J connectivity index is 1.25. The Morgan fingerprint density at radius 1 is 1.09 bits per heavy atom. The molecule has 3 aromatic carbocycles. The third-order valence-corrected chi connectivity index (χ3v) is 14.6. The zero-order chi connectivity index (χ0) is 40.6. The summed E-state index contributed by atoms with van der Waals surface area (Å²) in [4.78, 5) is 35.9. The summed E-state index contributed by atoms with van der Waals surface area (Å²) in [5.41, 5.74) is 10.1. The number of nitrogens with two attached hydrogens (primary N) is 1. The molecular weight excluding hydrogens is 767 g/mol. The summed E-state index contributed by atoms with van der Waals surface area (Å²) in [5.74, 6) is 1.45. The number of nitrogens with one attached hydrogen (secondary N) is 2. The van der Waals surface area contributed by atoms with Crippen LogP contribution in [0.4, 0.5) is 0 Å². The number of ether oxygens (including phenoxy) is 6. The maximum Gasteiger partial charge on any atom is 0.333 e. The Morgan fingerprint density at radius 3 is 2.62 bits per heavy atom. The number of rotatable bonds is 4. The molecule has 0 saturated carbocycles. The van der Waals surface area contributed by atoms with Gasteiger partial charge in [-0.25, -0.2) is 4.79 Å². The van der Waals surface area contributed by atoms with E-state index < -0.39 is 46.6 Å². The van der Waals surface area contributed by atoms with Crippen molar-refractivity contribution in [2.75, 3.05) is 53.5 Å². The first-order chi connectivity index (χ1) is 27.8. The standard InChI is InChI=1S/C42H47N5O10S/c1-18-9-21-12-41(51)15-46(4)31(28(21)33(49)34(18)53-6)32-38-30-29(37-36(55-17-56-37)19(2)35(30)57-20(3)48)27(47(32)41)14-54-40(50)42(16-58-38)39-25(10-22(13-43)45-42)24-11-23(52-5)7-8-26(24)44-39/h7-9,11,22,27,31-32,38,44-45,49,51H,10,12-17,43H2,1-6H3/t22-,27-,31-,32+,38+,41?,42+/m0/s1. The van der Waals surface area contributed by atoms with Crippen molar-refractivity contribution in [1.82, 2.24) is 20.1 Å². The molecule has 15 nitrogen and oxygen atoms in total. The maximum atomic E-state index is 15.1. The minimum absolute atomic E-state index is 0.0153. The molecule has 4 bridgehead atoms. The first kappa shape index (κ1) is 37.6. The molecule has 2 unspecified atom stereocenters. The van der Waals surface area contributed by atoms with Gasteiger partial charge in [0.1, 0.15) is 23.8 Å². The third kappa shape index (κ3) is 5.05. The molecule has 58 heavy (non-hydrogen) atoms. The lowest BCUT2D eigenvalue weighted by molar-refractivity contribution is -0.215. The predicted octanol–water partition coefficient (Wildman–Crippen LogP) is 3.52. The third-order valence-electron chi connectivity index (χ3n) is 13.1. The number of nitrogens with zero attached hydrogens (tertiary/aromatic N) is 2. The SMILES string of the molecule is COc1ccc2[nH]c3c(c2c1)C[C@@H](CN)N[C@]31CS[C@@H]2c3c(OC(C)=O)c(C)c4c(c3[C@H](COC1=O)N1[C@@H]2[C@@H]2c3c(cc(C)c(OC)c3O)CC1(O)CN2C)OCO4. The lowest BCUT2D eigenvalue weighted by atomic mass is 9.78. The van der Waals surface area contributed by atoms with Crippen LogP contribution in [0.3, 0.4) is 0 Å². The molecule has 4 aromatic rings. The number of methoxy groups -OCH3 is 2. The summed E-state index contributed by atoms with van der Waals surface area (Å²) in [6.45, 7) is 5.31. The summed E-state index contributed by atoms with van der Waals surface area (Å²) >= 11 is 1.50. The normalized spacial score (nSPS) is 30.6. The number of fused-ring (bicyclic) bond motifs is 8. The number of phenolic OH excluding ortho intramolecular Hbond substituents is 1. The number of carbonyl (C=O) groups is 2. The second-order valence-corrected chi connectivity index (χ2v) is 17.6. The number of carbonyl (C=O) groups excluding carboxylic acids is 2. The van der Waals surface area contributed by atoms with Gasteiger partial charge in [-0.3, -0.25) is 19.9 Å². The second-order valence-electron chi connectivity index (χ2n) is 16.4. The van der Waals surface area contributed by atoms with Crippen molar-refractivity contribution in [3.8, 4) is 34.5 Å². The average molecular weight is 814 g/mol. The molecule has 16 heteroatoms. The van der Waals surface area contributed by atoms with E-state index in [0.717, 1.165) is 27.6 Å². The molecule has 8 aliphatic rings. The van der Waals surface area contributed by atoms with E-state index in [1.165, 1.54) is 25.8 Å². The fourth-order valence-corrected chi connectivity index (χ4v) is 12.6. The van der Waals surface area contributed by atoms with E-state index in [-0.39, 0.29) is 50.5 Å². The van der Waals surface area contributed by atoms with Gasteiger partial charge in [0.2, 0.25) is 6.79 Å². The van der Waals surface area contributed by atoms with Gasteiger partial charge in [-0.1, -0.05) is 6.07 Å². The molecule has 1 aromatic heterocycles. The minimum Gasteiger partial charge on any atom is -0.504 e. The number of aromatic hydroxyl groups is 1. The van der Waals surface area contributed by atoms with E-state index in [1.807, 2.05) is 45.2 Å². The number of piperazine rings is 1. The van der Waals surface area contributed by atoms with Crippen LogP contribution in [0.1, 0.15) is 68.9 Å². The molecule has 2 saturated heterocycles. The molecule has 0 amide bonds. The van der Waals surface area contributed by atoms with Gasteiger partial charge in [0.05, 0.1) is 37.2 Å². The molecule has 0 radical (unpaired) electrons. The highest BCUT2D eigenvalue weighted by molar-refractivity contribution is 7.99. The van der Waals surface area contributed by atoms with Crippen LogP contribution >= 0.6 is 11.8 Å². The van der Waals surface area contributed by atoms with Crippen molar-refractivity contribution in [1.29, 1.82) is 0 Å². The Kier molecular flexibility index (Phi) is 8.51. The second kappa shape index (κ2) is 13.1. The molecule has 12 rings (SSSR count). The molecule has 0 aliphatic carbocycles. The van der Waals surface area contributed by atoms with Crippen LogP contribution in [0.15, 0.2) is 24.3 Å². The van der Waals surface area contributed by atoms with Crippen LogP contribution in [0.5, 0.6) is 34.5 Å². The number of aliphatic hydroxyl groups is 1. The number of aromatic nitrogens is 1. The van der Waals surface area contributed by atoms with Crippen molar-refractivity contribution >= 4 is 34.6 Å². The molecule has 6 N–H and O–H groups in total. The zero-order valence-corrected chi connectivity index (χ0v) is 34.0. The van der Waals surface area contributed by atoms with Crippen LogP contribution in [0.25, 0.3) is 10.9 Å². The molecule has 9 heterocycles. The smallest absolute Gasteiger partial charge is 0.333 e. The Morgan fingerprint density at radius 2 is 1.88 bits per heavy atom. The fourth-order valence-electron chi connectivity index (χ4n) is 11.0. The highest BCUT2D eigenvalue weighted by Gasteiger charge is 2.64. The zero-order valence-electron chi connectivity index (χ0n) is 33.2. The van der Waals surface area contributed by atoms with Crippen LogP contribution in [-0.2, 0) is 32.7 Å². The van der Waals surface area contributed by atoms with E-state index in [9.17, 15) is 15.0 Å². The van der Waals surface area contributed by atoms with E-state index >= 15 is 4.79 Å². The summed E-state index contributed by atoms with van der Waals surface area (Å²) in [6, 6.07) is 5.62. The summed E-state index contributed by atoms with van der Waals surface area (Å²) in [7, 11) is 5.11. The van der Waals surface area contributed by atoms with Crippen molar-refractivity contribution < 1.29 is 48.2 Å². The Bertz CT molecular complexity index is 2440. The van der Waals surface area contributed by atoms with Crippen molar-refractivity contribution in [2.24, 2.45) is 5.73 Å². The first-order valence-corrected chi connectivity index (χ1v) is 20.6. The number of H-pyrrole nitrogens is 1. The highest BCUT2D eigenvalue weighted by Crippen LogP contribution is 2.65. The monoisotopic (exact) mass is 813 g/mol. The number of thioether (sulfide) groups is 1.